The number of aromatic nitrogens is 4. The Bertz CT molecular complexity index is 1250. The molecule has 0 aliphatic carbocycles. The SMILES string of the molecule is CCN1CCN(Cc2cc3nc(-c4cccc5[nH]ccc45)cc(N4CCOCC4)n3n2)CC1. The fourth-order valence-corrected chi connectivity index (χ4v) is 5.04. The molecule has 33 heavy (non-hydrogen) atoms. The Kier molecular flexibility index (Phi) is 5.49. The maximum Gasteiger partial charge on any atom is 0.158 e. The van der Waals surface area contributed by atoms with Crippen LogP contribution in [-0.4, -0.2) is 88.4 Å². The van der Waals surface area contributed by atoms with Crippen molar-refractivity contribution >= 4 is 22.4 Å². The molecular formula is C25H31N7O. The van der Waals surface area contributed by atoms with Gasteiger partial charge in [0.15, 0.2) is 5.65 Å². The minimum Gasteiger partial charge on any atom is -0.378 e. The lowest BCUT2D eigenvalue weighted by molar-refractivity contribution is 0.122. The lowest BCUT2D eigenvalue weighted by atomic mass is 10.1. The minimum atomic E-state index is 0.738. The summed E-state index contributed by atoms with van der Waals surface area (Å²) in [7, 11) is 0. The molecule has 172 valence electrons. The van der Waals surface area contributed by atoms with Crippen LogP contribution in [0.3, 0.4) is 0 Å². The van der Waals surface area contributed by atoms with Crippen molar-refractivity contribution in [1.29, 1.82) is 0 Å². The second-order valence-electron chi connectivity index (χ2n) is 8.96. The van der Waals surface area contributed by atoms with Crippen LogP contribution in [-0.2, 0) is 11.3 Å². The third-order valence-corrected chi connectivity index (χ3v) is 6.96. The average molecular weight is 446 g/mol. The molecule has 1 N–H and O–H groups in total. The van der Waals surface area contributed by atoms with Crippen LogP contribution in [0.5, 0.6) is 0 Å². The number of fused-ring (bicyclic) bond motifs is 2. The van der Waals surface area contributed by atoms with Crippen molar-refractivity contribution in [3.63, 3.8) is 0 Å². The van der Waals surface area contributed by atoms with Gasteiger partial charge >= 0.3 is 0 Å². The molecule has 0 spiro atoms. The van der Waals surface area contributed by atoms with E-state index in [4.69, 9.17) is 14.8 Å². The van der Waals surface area contributed by atoms with Gasteiger partial charge in [-0.25, -0.2) is 4.98 Å². The second-order valence-corrected chi connectivity index (χ2v) is 8.96. The van der Waals surface area contributed by atoms with Crippen molar-refractivity contribution < 1.29 is 4.74 Å². The number of likely N-dealkylation sites (N-methyl/N-ethyl adjacent to an activating group) is 1. The van der Waals surface area contributed by atoms with Gasteiger partial charge in [0.2, 0.25) is 0 Å². The standard InChI is InChI=1S/C25H31N7O/c1-2-29-8-10-30(11-9-29)18-19-16-24-27-23(20-4-3-5-22-21(20)6-7-26-22)17-25(32(24)28-19)31-12-14-33-15-13-31/h3-7,16-17,26H,2,8-15,18H2,1H3. The summed E-state index contributed by atoms with van der Waals surface area (Å²) in [6, 6.07) is 12.8. The van der Waals surface area contributed by atoms with E-state index in [0.717, 1.165) is 99.5 Å². The Hall–Kier alpha value is -2.94. The molecule has 0 bridgehead atoms. The monoisotopic (exact) mass is 445 g/mol. The molecule has 8 heteroatoms. The Morgan fingerprint density at radius 1 is 0.970 bits per heavy atom. The molecule has 6 rings (SSSR count). The van der Waals surface area contributed by atoms with E-state index in [0.29, 0.717) is 0 Å². The van der Waals surface area contributed by atoms with Crippen molar-refractivity contribution in [2.45, 2.75) is 13.5 Å². The first-order chi connectivity index (χ1) is 16.3. The molecule has 3 aromatic heterocycles. The number of anilines is 1. The van der Waals surface area contributed by atoms with Crippen molar-refractivity contribution in [3.05, 3.63) is 48.3 Å². The average Bonchev–Trinajstić information content (AvgIpc) is 3.51. The molecule has 2 saturated heterocycles. The summed E-state index contributed by atoms with van der Waals surface area (Å²) in [4.78, 5) is 15.8. The molecule has 0 unspecified atom stereocenters. The highest BCUT2D eigenvalue weighted by molar-refractivity contribution is 5.94. The van der Waals surface area contributed by atoms with Crippen molar-refractivity contribution in [2.75, 3.05) is 63.9 Å². The van der Waals surface area contributed by atoms with Gasteiger partial charge in [0.25, 0.3) is 0 Å². The summed E-state index contributed by atoms with van der Waals surface area (Å²) in [5.41, 5.74) is 5.24. The maximum absolute atomic E-state index is 5.62. The quantitative estimate of drug-likeness (QED) is 0.510. The van der Waals surface area contributed by atoms with Crippen molar-refractivity contribution in [2.24, 2.45) is 0 Å². The van der Waals surface area contributed by atoms with Gasteiger partial charge in [-0.3, -0.25) is 4.90 Å². The first kappa shape index (κ1) is 20.7. The number of hydrogen-bond acceptors (Lipinski definition) is 6. The number of ether oxygens (including phenoxy) is 1. The summed E-state index contributed by atoms with van der Waals surface area (Å²) >= 11 is 0. The van der Waals surface area contributed by atoms with Gasteiger partial charge in [0.05, 0.1) is 24.6 Å². The Balaban J connectivity index is 1.39. The highest BCUT2D eigenvalue weighted by Crippen LogP contribution is 2.30. The highest BCUT2D eigenvalue weighted by Gasteiger charge is 2.21. The number of nitrogens with zero attached hydrogens (tertiary/aromatic N) is 6. The zero-order valence-electron chi connectivity index (χ0n) is 19.2. The number of benzene rings is 1. The zero-order valence-corrected chi connectivity index (χ0v) is 19.2. The molecule has 4 aromatic rings. The molecule has 5 heterocycles. The largest absolute Gasteiger partial charge is 0.378 e. The van der Waals surface area contributed by atoms with Crippen LogP contribution in [0, 0.1) is 0 Å². The van der Waals surface area contributed by atoms with Gasteiger partial charge in [0, 0.05) is 80.6 Å². The predicted molar refractivity (Wildman–Crippen MR) is 131 cm³/mol. The van der Waals surface area contributed by atoms with Gasteiger partial charge in [-0.05, 0) is 18.7 Å². The molecule has 2 aliphatic rings. The van der Waals surface area contributed by atoms with Crippen LogP contribution in [0.1, 0.15) is 12.6 Å². The fourth-order valence-electron chi connectivity index (χ4n) is 5.04. The lowest BCUT2D eigenvalue weighted by Gasteiger charge is -2.33. The van der Waals surface area contributed by atoms with Crippen LogP contribution >= 0.6 is 0 Å². The number of hydrogen-bond donors (Lipinski definition) is 1. The highest BCUT2D eigenvalue weighted by atomic mass is 16.5. The smallest absolute Gasteiger partial charge is 0.158 e. The van der Waals surface area contributed by atoms with E-state index >= 15 is 0 Å². The Morgan fingerprint density at radius 3 is 2.61 bits per heavy atom. The van der Waals surface area contributed by atoms with Crippen LogP contribution in [0.2, 0.25) is 0 Å². The minimum absolute atomic E-state index is 0.738. The van der Waals surface area contributed by atoms with E-state index in [1.807, 2.05) is 10.7 Å². The third-order valence-electron chi connectivity index (χ3n) is 6.96. The zero-order chi connectivity index (χ0) is 22.2. The summed E-state index contributed by atoms with van der Waals surface area (Å²) in [6.07, 6.45) is 1.99. The Labute approximate surface area is 193 Å². The molecule has 1 aromatic carbocycles. The molecule has 8 nitrogen and oxygen atoms in total. The van der Waals surface area contributed by atoms with E-state index in [1.165, 1.54) is 5.39 Å². The van der Waals surface area contributed by atoms with Crippen LogP contribution in [0.4, 0.5) is 5.82 Å². The first-order valence-electron chi connectivity index (χ1n) is 12.0. The first-order valence-corrected chi connectivity index (χ1v) is 12.0. The van der Waals surface area contributed by atoms with E-state index in [2.05, 4.69) is 63.0 Å². The van der Waals surface area contributed by atoms with Gasteiger partial charge in [0.1, 0.15) is 5.82 Å². The number of nitrogens with one attached hydrogen (secondary N) is 1. The molecule has 0 saturated carbocycles. The summed E-state index contributed by atoms with van der Waals surface area (Å²) in [5.74, 6) is 1.09. The van der Waals surface area contributed by atoms with Gasteiger partial charge < -0.3 is 19.5 Å². The maximum atomic E-state index is 5.62. The molecule has 0 atom stereocenters. The topological polar surface area (TPSA) is 64.9 Å². The van der Waals surface area contributed by atoms with Crippen molar-refractivity contribution in [3.8, 4) is 11.3 Å². The summed E-state index contributed by atoms with van der Waals surface area (Å²) in [5, 5.41) is 6.21. The van der Waals surface area contributed by atoms with E-state index in [1.54, 1.807) is 0 Å². The number of rotatable bonds is 5. The summed E-state index contributed by atoms with van der Waals surface area (Å²) in [6.45, 7) is 11.9. The molecular weight excluding hydrogens is 414 g/mol. The molecule has 0 radical (unpaired) electrons. The second kappa shape index (κ2) is 8.78. The normalized spacial score (nSPS) is 18.5. The third kappa shape index (κ3) is 3.99. The van der Waals surface area contributed by atoms with Crippen LogP contribution < -0.4 is 4.90 Å². The van der Waals surface area contributed by atoms with Gasteiger partial charge in [-0.15, -0.1) is 0 Å². The molecule has 2 fully saturated rings. The number of morpholine rings is 1. The summed E-state index contributed by atoms with van der Waals surface area (Å²) < 4.78 is 7.65. The van der Waals surface area contributed by atoms with Crippen LogP contribution in [0.15, 0.2) is 42.6 Å². The Morgan fingerprint density at radius 2 is 1.79 bits per heavy atom. The van der Waals surface area contributed by atoms with E-state index in [-0.39, 0.29) is 0 Å². The fraction of sp³-hybridized carbons (Fsp3) is 0.440. The van der Waals surface area contributed by atoms with Crippen molar-refractivity contribution in [1.82, 2.24) is 29.4 Å². The van der Waals surface area contributed by atoms with Crippen LogP contribution in [0.25, 0.3) is 27.8 Å². The van der Waals surface area contributed by atoms with E-state index < -0.39 is 0 Å². The van der Waals surface area contributed by atoms with E-state index in [9.17, 15) is 0 Å². The predicted octanol–water partition coefficient (Wildman–Crippen LogP) is 2.85. The number of piperazine rings is 1. The van der Waals surface area contributed by atoms with Gasteiger partial charge in [-0.1, -0.05) is 19.1 Å². The number of H-pyrrole nitrogens is 1. The van der Waals surface area contributed by atoms with Gasteiger partial charge in [-0.2, -0.15) is 9.61 Å². The molecule has 2 aliphatic heterocycles. The lowest BCUT2D eigenvalue weighted by Crippen LogP contribution is -2.45. The molecule has 0 amide bonds. The number of aromatic amines is 1.